The van der Waals surface area contributed by atoms with E-state index in [0.717, 1.165) is 10.0 Å². The number of anilines is 1. The van der Waals surface area contributed by atoms with E-state index in [0.29, 0.717) is 17.7 Å². The molecule has 4 nitrogen and oxygen atoms in total. The summed E-state index contributed by atoms with van der Waals surface area (Å²) in [7, 11) is 0. The molecule has 0 aromatic heterocycles. The van der Waals surface area contributed by atoms with Crippen LogP contribution in [0.1, 0.15) is 29.3 Å². The lowest BCUT2D eigenvalue weighted by atomic mass is 10.1. The molecular formula is C17H16BrNO3. The van der Waals surface area contributed by atoms with Gasteiger partial charge in [0.15, 0.2) is 0 Å². The van der Waals surface area contributed by atoms with E-state index >= 15 is 0 Å². The van der Waals surface area contributed by atoms with Crippen LogP contribution in [0.2, 0.25) is 0 Å². The SMILES string of the molecule is CCC(=O)Nc1ccccc1C(=O)OCc1ccc(Br)cc1. The molecule has 0 aliphatic heterocycles. The monoisotopic (exact) mass is 361 g/mol. The zero-order valence-electron chi connectivity index (χ0n) is 12.1. The molecule has 0 spiro atoms. The third kappa shape index (κ3) is 4.43. The van der Waals surface area contributed by atoms with E-state index in [9.17, 15) is 9.59 Å². The molecule has 1 amide bonds. The maximum absolute atomic E-state index is 12.2. The predicted molar refractivity (Wildman–Crippen MR) is 88.6 cm³/mol. The molecule has 114 valence electrons. The number of para-hydroxylation sites is 1. The fourth-order valence-corrected chi connectivity index (χ4v) is 2.08. The Hall–Kier alpha value is -2.14. The molecule has 0 heterocycles. The van der Waals surface area contributed by atoms with Gasteiger partial charge in [-0.3, -0.25) is 4.79 Å². The molecule has 1 N–H and O–H groups in total. The van der Waals surface area contributed by atoms with Crippen LogP contribution < -0.4 is 5.32 Å². The summed E-state index contributed by atoms with van der Waals surface area (Å²) in [6.45, 7) is 1.94. The maximum Gasteiger partial charge on any atom is 0.340 e. The molecule has 0 radical (unpaired) electrons. The summed E-state index contributed by atoms with van der Waals surface area (Å²) in [5.41, 5.74) is 1.71. The highest BCUT2D eigenvalue weighted by atomic mass is 79.9. The lowest BCUT2D eigenvalue weighted by Crippen LogP contribution is -2.14. The average Bonchev–Trinajstić information content (AvgIpc) is 2.54. The topological polar surface area (TPSA) is 55.4 Å². The van der Waals surface area contributed by atoms with Crippen molar-refractivity contribution in [3.8, 4) is 0 Å². The normalized spacial score (nSPS) is 10.1. The lowest BCUT2D eigenvalue weighted by molar-refractivity contribution is -0.115. The summed E-state index contributed by atoms with van der Waals surface area (Å²) < 4.78 is 6.27. The Morgan fingerprint density at radius 3 is 2.45 bits per heavy atom. The molecule has 2 aromatic carbocycles. The van der Waals surface area contributed by atoms with E-state index in [4.69, 9.17) is 4.74 Å². The first-order valence-corrected chi connectivity index (χ1v) is 7.70. The molecule has 0 unspecified atom stereocenters. The Morgan fingerprint density at radius 1 is 1.09 bits per heavy atom. The van der Waals surface area contributed by atoms with Crippen molar-refractivity contribution >= 4 is 33.5 Å². The largest absolute Gasteiger partial charge is 0.457 e. The first kappa shape index (κ1) is 16.2. The Bertz CT molecular complexity index is 668. The van der Waals surface area contributed by atoms with Gasteiger partial charge in [-0.05, 0) is 29.8 Å². The maximum atomic E-state index is 12.2. The molecule has 0 atom stereocenters. The minimum atomic E-state index is -0.463. The minimum absolute atomic E-state index is 0.145. The summed E-state index contributed by atoms with van der Waals surface area (Å²) >= 11 is 3.35. The summed E-state index contributed by atoms with van der Waals surface area (Å²) in [5, 5.41) is 2.70. The van der Waals surface area contributed by atoms with Crippen LogP contribution in [0, 0.1) is 0 Å². The molecule has 0 aliphatic rings. The number of amides is 1. The number of nitrogens with one attached hydrogen (secondary N) is 1. The van der Waals surface area contributed by atoms with Crippen LogP contribution >= 0.6 is 15.9 Å². The fourth-order valence-electron chi connectivity index (χ4n) is 1.82. The van der Waals surface area contributed by atoms with Gasteiger partial charge in [0.2, 0.25) is 5.91 Å². The number of hydrogen-bond donors (Lipinski definition) is 1. The van der Waals surface area contributed by atoms with Gasteiger partial charge in [-0.15, -0.1) is 0 Å². The van der Waals surface area contributed by atoms with Crippen LogP contribution in [0.3, 0.4) is 0 Å². The number of halogens is 1. The van der Waals surface area contributed by atoms with Gasteiger partial charge in [0.05, 0.1) is 11.3 Å². The molecule has 0 saturated heterocycles. The second-order valence-electron chi connectivity index (χ2n) is 4.65. The van der Waals surface area contributed by atoms with E-state index in [2.05, 4.69) is 21.2 Å². The molecule has 0 aliphatic carbocycles. The molecule has 0 fully saturated rings. The number of benzene rings is 2. The molecule has 22 heavy (non-hydrogen) atoms. The number of esters is 1. The highest BCUT2D eigenvalue weighted by molar-refractivity contribution is 9.10. The van der Waals surface area contributed by atoms with Gasteiger partial charge in [0.25, 0.3) is 0 Å². The molecule has 0 saturated carbocycles. The Labute approximate surface area is 137 Å². The molecule has 5 heteroatoms. The van der Waals surface area contributed by atoms with Gasteiger partial charge >= 0.3 is 5.97 Å². The Kier molecular flexibility index (Phi) is 5.72. The van der Waals surface area contributed by atoms with Crippen molar-refractivity contribution in [2.24, 2.45) is 0 Å². The third-order valence-electron chi connectivity index (χ3n) is 3.03. The summed E-state index contributed by atoms with van der Waals surface area (Å²) in [4.78, 5) is 23.7. The van der Waals surface area contributed by atoms with Crippen molar-refractivity contribution in [2.45, 2.75) is 20.0 Å². The number of carbonyl (C=O) groups excluding carboxylic acids is 2. The quantitative estimate of drug-likeness (QED) is 0.813. The summed E-state index contributed by atoms with van der Waals surface area (Å²) in [6.07, 6.45) is 0.349. The highest BCUT2D eigenvalue weighted by Crippen LogP contribution is 2.18. The zero-order valence-corrected chi connectivity index (χ0v) is 13.7. The van der Waals surface area contributed by atoms with Crippen LogP contribution in [0.15, 0.2) is 53.0 Å². The smallest absolute Gasteiger partial charge is 0.340 e. The average molecular weight is 362 g/mol. The Balaban J connectivity index is 2.06. The zero-order chi connectivity index (χ0) is 15.9. The molecular weight excluding hydrogens is 346 g/mol. The van der Waals surface area contributed by atoms with Crippen molar-refractivity contribution in [3.63, 3.8) is 0 Å². The third-order valence-corrected chi connectivity index (χ3v) is 3.55. The number of hydrogen-bond acceptors (Lipinski definition) is 3. The van der Waals surface area contributed by atoms with Crippen LogP contribution in [0.25, 0.3) is 0 Å². The second-order valence-corrected chi connectivity index (χ2v) is 5.57. The van der Waals surface area contributed by atoms with E-state index in [1.807, 2.05) is 24.3 Å². The van der Waals surface area contributed by atoms with Crippen LogP contribution in [0.5, 0.6) is 0 Å². The molecule has 2 aromatic rings. The van der Waals surface area contributed by atoms with Gasteiger partial charge in [0.1, 0.15) is 6.61 Å². The van der Waals surface area contributed by atoms with Crippen molar-refractivity contribution in [1.82, 2.24) is 0 Å². The number of carbonyl (C=O) groups is 2. The van der Waals surface area contributed by atoms with E-state index < -0.39 is 5.97 Å². The minimum Gasteiger partial charge on any atom is -0.457 e. The van der Waals surface area contributed by atoms with Crippen LogP contribution in [-0.2, 0) is 16.1 Å². The van der Waals surface area contributed by atoms with Crippen molar-refractivity contribution < 1.29 is 14.3 Å². The standard InChI is InChI=1S/C17H16BrNO3/c1-2-16(20)19-15-6-4-3-5-14(15)17(21)22-11-12-7-9-13(18)10-8-12/h3-10H,2,11H2,1H3,(H,19,20). The molecule has 2 rings (SSSR count). The van der Waals surface area contributed by atoms with E-state index in [1.165, 1.54) is 0 Å². The predicted octanol–water partition coefficient (Wildman–Crippen LogP) is 4.15. The Morgan fingerprint density at radius 2 is 1.77 bits per heavy atom. The van der Waals surface area contributed by atoms with Crippen molar-refractivity contribution in [1.29, 1.82) is 0 Å². The fraction of sp³-hybridized carbons (Fsp3) is 0.176. The summed E-state index contributed by atoms with van der Waals surface area (Å²) in [6, 6.07) is 14.3. The lowest BCUT2D eigenvalue weighted by Gasteiger charge is -2.10. The van der Waals surface area contributed by atoms with Crippen LogP contribution in [0.4, 0.5) is 5.69 Å². The van der Waals surface area contributed by atoms with Gasteiger partial charge in [-0.1, -0.05) is 47.1 Å². The number of rotatable bonds is 5. The van der Waals surface area contributed by atoms with Gasteiger partial charge in [-0.2, -0.15) is 0 Å². The van der Waals surface area contributed by atoms with E-state index in [-0.39, 0.29) is 12.5 Å². The van der Waals surface area contributed by atoms with Gasteiger partial charge in [-0.25, -0.2) is 4.79 Å². The van der Waals surface area contributed by atoms with Crippen molar-refractivity contribution in [3.05, 3.63) is 64.1 Å². The summed E-state index contributed by atoms with van der Waals surface area (Å²) in [5.74, 6) is -0.608. The first-order valence-electron chi connectivity index (χ1n) is 6.90. The van der Waals surface area contributed by atoms with Gasteiger partial charge in [0, 0.05) is 10.9 Å². The van der Waals surface area contributed by atoms with Crippen LogP contribution in [-0.4, -0.2) is 11.9 Å². The number of ether oxygens (including phenoxy) is 1. The first-order chi connectivity index (χ1) is 10.6. The van der Waals surface area contributed by atoms with E-state index in [1.54, 1.807) is 31.2 Å². The molecule has 0 bridgehead atoms. The van der Waals surface area contributed by atoms with Crippen molar-refractivity contribution in [2.75, 3.05) is 5.32 Å². The van der Waals surface area contributed by atoms with Gasteiger partial charge < -0.3 is 10.1 Å². The second kappa shape index (κ2) is 7.75. The highest BCUT2D eigenvalue weighted by Gasteiger charge is 2.13.